The van der Waals surface area contributed by atoms with E-state index in [2.05, 4.69) is 4.74 Å². The van der Waals surface area contributed by atoms with Gasteiger partial charge in [-0.3, -0.25) is 9.59 Å². The molecule has 0 bridgehead atoms. The number of hydrogen-bond acceptors (Lipinski definition) is 3. The van der Waals surface area contributed by atoms with Gasteiger partial charge in [0.1, 0.15) is 0 Å². The summed E-state index contributed by atoms with van der Waals surface area (Å²) in [5.41, 5.74) is 2.86. The molecule has 0 spiro atoms. The van der Waals surface area contributed by atoms with E-state index in [1.54, 1.807) is 0 Å². The van der Waals surface area contributed by atoms with E-state index in [0.717, 1.165) is 25.7 Å². The lowest BCUT2D eigenvalue weighted by Crippen LogP contribution is -2.22. The minimum Gasteiger partial charge on any atom is -0.393 e. The predicted molar refractivity (Wildman–Crippen MR) is 48.2 cm³/mol. The summed E-state index contributed by atoms with van der Waals surface area (Å²) < 4.78 is 4.67. The largest absolute Gasteiger partial charge is 0.393 e. The van der Waals surface area contributed by atoms with Gasteiger partial charge < -0.3 is 4.74 Å². The molecule has 3 rings (SSSR count). The van der Waals surface area contributed by atoms with Crippen molar-refractivity contribution in [1.82, 2.24) is 0 Å². The number of cyclic esters (lactones) is 2. The van der Waals surface area contributed by atoms with Crippen molar-refractivity contribution < 1.29 is 14.3 Å². The normalized spacial score (nSPS) is 35.7. The van der Waals surface area contributed by atoms with Gasteiger partial charge in [-0.15, -0.1) is 0 Å². The second-order valence-corrected chi connectivity index (χ2v) is 4.42. The van der Waals surface area contributed by atoms with E-state index in [0.29, 0.717) is 0 Å². The standard InChI is InChI=1S/C11H12O3/c12-10-8-4-6-2-1-3-7(6)5-9(8)11(13)14-10/h8-9H,1-5H2/t8-,9+. The smallest absolute Gasteiger partial charge is 0.317 e. The molecule has 1 heterocycles. The van der Waals surface area contributed by atoms with Crippen molar-refractivity contribution in [3.05, 3.63) is 11.1 Å². The number of ether oxygens (including phenoxy) is 1. The van der Waals surface area contributed by atoms with Gasteiger partial charge in [0.15, 0.2) is 0 Å². The third-order valence-electron chi connectivity index (χ3n) is 3.68. The van der Waals surface area contributed by atoms with Gasteiger partial charge in [0.25, 0.3) is 0 Å². The Hall–Kier alpha value is -1.12. The van der Waals surface area contributed by atoms with Gasteiger partial charge in [-0.1, -0.05) is 11.1 Å². The van der Waals surface area contributed by atoms with Crippen molar-refractivity contribution in [3.8, 4) is 0 Å². The molecule has 0 N–H and O–H groups in total. The SMILES string of the molecule is O=C1OC(=O)[C@@H]2CC3=C(CCC3)C[C@H]12. The number of rotatable bonds is 0. The van der Waals surface area contributed by atoms with Crippen LogP contribution in [-0.2, 0) is 14.3 Å². The summed E-state index contributed by atoms with van der Waals surface area (Å²) in [5, 5.41) is 0. The van der Waals surface area contributed by atoms with E-state index in [9.17, 15) is 9.59 Å². The van der Waals surface area contributed by atoms with Crippen LogP contribution in [0.4, 0.5) is 0 Å². The number of fused-ring (bicyclic) bond motifs is 1. The Morgan fingerprint density at radius 2 is 1.43 bits per heavy atom. The van der Waals surface area contributed by atoms with Gasteiger partial charge in [-0.05, 0) is 32.1 Å². The van der Waals surface area contributed by atoms with E-state index in [1.807, 2.05) is 0 Å². The van der Waals surface area contributed by atoms with Crippen LogP contribution < -0.4 is 0 Å². The Morgan fingerprint density at radius 1 is 0.929 bits per heavy atom. The fourth-order valence-corrected chi connectivity index (χ4v) is 2.92. The lowest BCUT2D eigenvalue weighted by atomic mass is 9.78. The third kappa shape index (κ3) is 0.982. The van der Waals surface area contributed by atoms with E-state index in [4.69, 9.17) is 0 Å². The second kappa shape index (κ2) is 2.69. The molecule has 0 radical (unpaired) electrons. The molecule has 0 aromatic carbocycles. The lowest BCUT2D eigenvalue weighted by molar-refractivity contribution is -0.153. The molecule has 0 saturated carbocycles. The Morgan fingerprint density at radius 3 is 1.93 bits per heavy atom. The van der Waals surface area contributed by atoms with Crippen LogP contribution in [0.5, 0.6) is 0 Å². The van der Waals surface area contributed by atoms with Crippen molar-refractivity contribution in [2.75, 3.05) is 0 Å². The Bertz CT molecular complexity index is 322. The van der Waals surface area contributed by atoms with E-state index < -0.39 is 0 Å². The zero-order valence-corrected chi connectivity index (χ0v) is 7.91. The zero-order valence-electron chi connectivity index (χ0n) is 7.91. The summed E-state index contributed by atoms with van der Waals surface area (Å²) in [4.78, 5) is 22.7. The number of carbonyl (C=O) groups is 2. The van der Waals surface area contributed by atoms with Gasteiger partial charge in [0.2, 0.25) is 0 Å². The molecular weight excluding hydrogens is 180 g/mol. The monoisotopic (exact) mass is 192 g/mol. The molecule has 14 heavy (non-hydrogen) atoms. The van der Waals surface area contributed by atoms with Crippen LogP contribution in [0, 0.1) is 11.8 Å². The summed E-state index contributed by atoms with van der Waals surface area (Å²) in [7, 11) is 0. The molecule has 1 saturated heterocycles. The maximum absolute atomic E-state index is 11.3. The molecule has 0 aromatic rings. The van der Waals surface area contributed by atoms with Gasteiger partial charge in [-0.2, -0.15) is 0 Å². The van der Waals surface area contributed by atoms with E-state index in [-0.39, 0.29) is 23.8 Å². The van der Waals surface area contributed by atoms with Crippen LogP contribution in [0.25, 0.3) is 0 Å². The number of carbonyl (C=O) groups excluding carboxylic acids is 2. The van der Waals surface area contributed by atoms with E-state index in [1.165, 1.54) is 17.6 Å². The van der Waals surface area contributed by atoms with Crippen molar-refractivity contribution in [1.29, 1.82) is 0 Å². The van der Waals surface area contributed by atoms with Crippen LogP contribution >= 0.6 is 0 Å². The van der Waals surface area contributed by atoms with Gasteiger partial charge >= 0.3 is 11.9 Å². The van der Waals surface area contributed by atoms with E-state index >= 15 is 0 Å². The highest BCUT2D eigenvalue weighted by molar-refractivity contribution is 5.97. The highest BCUT2D eigenvalue weighted by Gasteiger charge is 2.47. The summed E-state index contributed by atoms with van der Waals surface area (Å²) in [6, 6.07) is 0. The van der Waals surface area contributed by atoms with Gasteiger partial charge in [0, 0.05) is 0 Å². The Balaban J connectivity index is 1.94. The average Bonchev–Trinajstić information content (AvgIpc) is 2.70. The quantitative estimate of drug-likeness (QED) is 0.332. The summed E-state index contributed by atoms with van der Waals surface area (Å²) in [5.74, 6) is -0.893. The third-order valence-corrected chi connectivity index (χ3v) is 3.68. The molecule has 0 aromatic heterocycles. The maximum atomic E-state index is 11.3. The molecule has 3 nitrogen and oxygen atoms in total. The van der Waals surface area contributed by atoms with Crippen LogP contribution in [0.3, 0.4) is 0 Å². The molecule has 74 valence electrons. The molecule has 0 unspecified atom stereocenters. The fraction of sp³-hybridized carbons (Fsp3) is 0.636. The fourth-order valence-electron chi connectivity index (χ4n) is 2.92. The highest BCUT2D eigenvalue weighted by Crippen LogP contribution is 2.45. The zero-order chi connectivity index (χ0) is 9.71. The molecule has 0 amide bonds. The summed E-state index contributed by atoms with van der Waals surface area (Å²) in [6.45, 7) is 0. The van der Waals surface area contributed by atoms with Gasteiger partial charge in [-0.25, -0.2) is 0 Å². The van der Waals surface area contributed by atoms with Crippen LogP contribution in [0.15, 0.2) is 11.1 Å². The average molecular weight is 192 g/mol. The van der Waals surface area contributed by atoms with Crippen LogP contribution in [0.2, 0.25) is 0 Å². The molecule has 1 fully saturated rings. The highest BCUT2D eigenvalue weighted by atomic mass is 16.6. The lowest BCUT2D eigenvalue weighted by Gasteiger charge is -2.21. The Kier molecular flexibility index (Phi) is 1.58. The van der Waals surface area contributed by atoms with Crippen molar-refractivity contribution in [2.45, 2.75) is 32.1 Å². The first-order valence-electron chi connectivity index (χ1n) is 5.21. The summed E-state index contributed by atoms with van der Waals surface area (Å²) in [6.07, 6.45) is 5.02. The number of esters is 2. The van der Waals surface area contributed by atoms with Crippen molar-refractivity contribution in [2.24, 2.45) is 11.8 Å². The summed E-state index contributed by atoms with van der Waals surface area (Å²) >= 11 is 0. The molecular formula is C11H12O3. The first kappa shape index (κ1) is 8.21. The first-order valence-corrected chi connectivity index (χ1v) is 5.21. The van der Waals surface area contributed by atoms with Crippen LogP contribution in [0.1, 0.15) is 32.1 Å². The van der Waals surface area contributed by atoms with Crippen LogP contribution in [-0.4, -0.2) is 11.9 Å². The molecule has 2 aliphatic carbocycles. The van der Waals surface area contributed by atoms with Gasteiger partial charge in [0.05, 0.1) is 11.8 Å². The molecule has 2 atom stereocenters. The topological polar surface area (TPSA) is 43.4 Å². The number of hydrogen-bond donors (Lipinski definition) is 0. The minimum absolute atomic E-state index is 0.153. The molecule has 1 aliphatic heterocycles. The van der Waals surface area contributed by atoms with Crippen molar-refractivity contribution in [3.63, 3.8) is 0 Å². The maximum Gasteiger partial charge on any atom is 0.317 e. The number of allylic oxidation sites excluding steroid dienone is 2. The first-order chi connectivity index (χ1) is 6.75. The predicted octanol–water partition coefficient (Wildman–Crippen LogP) is 1.58. The minimum atomic E-state index is -0.293. The molecule has 3 heteroatoms. The second-order valence-electron chi connectivity index (χ2n) is 4.42. The molecule has 3 aliphatic rings. The van der Waals surface area contributed by atoms with Crippen molar-refractivity contribution >= 4 is 11.9 Å². The Labute approximate surface area is 82.1 Å².